The number of hydrogen-bond acceptors (Lipinski definition) is 3. The second-order valence-electron chi connectivity index (χ2n) is 4.77. The summed E-state index contributed by atoms with van der Waals surface area (Å²) in [5.41, 5.74) is 0.429. The fourth-order valence-corrected chi connectivity index (χ4v) is 1.36. The van der Waals surface area contributed by atoms with Gasteiger partial charge in [-0.1, -0.05) is 11.8 Å². The second kappa shape index (κ2) is 7.01. The zero-order valence-corrected chi connectivity index (χ0v) is 11.6. The SMILES string of the molecule is COC(=O)c1ccc(C#CC(C)(C)COC(F)F)cc1. The highest BCUT2D eigenvalue weighted by molar-refractivity contribution is 5.89. The van der Waals surface area contributed by atoms with Gasteiger partial charge in [0.2, 0.25) is 0 Å². The molecule has 0 aromatic heterocycles. The lowest BCUT2D eigenvalue weighted by Gasteiger charge is -2.16. The predicted molar refractivity (Wildman–Crippen MR) is 70.4 cm³/mol. The molecule has 5 heteroatoms. The molecular formula is C15H16F2O3. The van der Waals surface area contributed by atoms with E-state index < -0.39 is 18.0 Å². The van der Waals surface area contributed by atoms with E-state index in [0.29, 0.717) is 11.1 Å². The van der Waals surface area contributed by atoms with Gasteiger partial charge in [0.1, 0.15) is 0 Å². The molecule has 3 nitrogen and oxygen atoms in total. The zero-order valence-electron chi connectivity index (χ0n) is 11.6. The summed E-state index contributed by atoms with van der Waals surface area (Å²) in [6.45, 7) is 0.476. The second-order valence-corrected chi connectivity index (χ2v) is 4.77. The summed E-state index contributed by atoms with van der Waals surface area (Å²) in [7, 11) is 1.31. The van der Waals surface area contributed by atoms with E-state index >= 15 is 0 Å². The number of hydrogen-bond donors (Lipinski definition) is 0. The average molecular weight is 282 g/mol. The number of halogens is 2. The van der Waals surface area contributed by atoms with Crippen molar-refractivity contribution in [3.63, 3.8) is 0 Å². The first kappa shape index (κ1) is 16.1. The maximum atomic E-state index is 12.0. The van der Waals surface area contributed by atoms with E-state index in [1.807, 2.05) is 0 Å². The first-order chi connectivity index (χ1) is 9.34. The first-order valence-corrected chi connectivity index (χ1v) is 5.95. The molecule has 0 heterocycles. The third kappa shape index (κ3) is 5.37. The van der Waals surface area contributed by atoms with Crippen molar-refractivity contribution in [1.82, 2.24) is 0 Å². The molecule has 0 saturated carbocycles. The van der Waals surface area contributed by atoms with Gasteiger partial charge in [0.05, 0.1) is 19.3 Å². The van der Waals surface area contributed by atoms with E-state index in [-0.39, 0.29) is 6.61 Å². The van der Waals surface area contributed by atoms with E-state index in [1.165, 1.54) is 7.11 Å². The van der Waals surface area contributed by atoms with Gasteiger partial charge in [0.15, 0.2) is 0 Å². The van der Waals surface area contributed by atoms with E-state index in [4.69, 9.17) is 0 Å². The Morgan fingerprint density at radius 1 is 1.30 bits per heavy atom. The molecule has 0 bridgehead atoms. The van der Waals surface area contributed by atoms with Crippen LogP contribution in [0.2, 0.25) is 0 Å². The van der Waals surface area contributed by atoms with E-state index in [2.05, 4.69) is 21.3 Å². The summed E-state index contributed by atoms with van der Waals surface area (Å²) >= 11 is 0. The first-order valence-electron chi connectivity index (χ1n) is 5.95. The van der Waals surface area contributed by atoms with Crippen LogP contribution < -0.4 is 0 Å². The molecule has 20 heavy (non-hydrogen) atoms. The van der Waals surface area contributed by atoms with Crippen LogP contribution in [0.4, 0.5) is 8.78 Å². The maximum absolute atomic E-state index is 12.0. The van der Waals surface area contributed by atoms with Crippen molar-refractivity contribution in [2.24, 2.45) is 5.41 Å². The summed E-state index contributed by atoms with van der Waals surface area (Å²) in [6.07, 6.45) is 0. The Hall–Kier alpha value is -1.93. The van der Waals surface area contributed by atoms with Crippen LogP contribution in [0.15, 0.2) is 24.3 Å². The van der Waals surface area contributed by atoms with Gasteiger partial charge >= 0.3 is 12.6 Å². The molecular weight excluding hydrogens is 266 g/mol. The molecule has 0 aliphatic heterocycles. The Labute approximate surface area is 116 Å². The van der Waals surface area contributed by atoms with Crippen molar-refractivity contribution in [3.05, 3.63) is 35.4 Å². The Balaban J connectivity index is 2.74. The summed E-state index contributed by atoms with van der Waals surface area (Å²) in [4.78, 5) is 11.2. The average Bonchev–Trinajstić information content (AvgIpc) is 2.43. The zero-order chi connectivity index (χ0) is 15.2. The molecule has 0 atom stereocenters. The van der Waals surface area contributed by atoms with Gasteiger partial charge in [-0.15, -0.1) is 0 Å². The van der Waals surface area contributed by atoms with Gasteiger partial charge < -0.3 is 9.47 Å². The standard InChI is InChI=1S/C15H16F2O3/c1-15(2,10-20-14(16)17)9-8-11-4-6-12(7-5-11)13(18)19-3/h4-7,14H,10H2,1-3H3. The molecule has 0 N–H and O–H groups in total. The molecule has 1 aromatic rings. The predicted octanol–water partition coefficient (Wildman–Crippen LogP) is 3.09. The van der Waals surface area contributed by atoms with Crippen molar-refractivity contribution in [2.75, 3.05) is 13.7 Å². The van der Waals surface area contributed by atoms with E-state index in [0.717, 1.165) is 0 Å². The van der Waals surface area contributed by atoms with Crippen LogP contribution in [0, 0.1) is 17.3 Å². The molecule has 108 valence electrons. The third-order valence-corrected chi connectivity index (χ3v) is 2.42. The summed E-state index contributed by atoms with van der Waals surface area (Å²) in [5, 5.41) is 0. The smallest absolute Gasteiger partial charge is 0.345 e. The van der Waals surface area contributed by atoms with Crippen LogP contribution in [0.5, 0.6) is 0 Å². The lowest BCUT2D eigenvalue weighted by atomic mass is 9.95. The highest BCUT2D eigenvalue weighted by Gasteiger charge is 2.17. The number of alkyl halides is 2. The van der Waals surface area contributed by atoms with Crippen molar-refractivity contribution in [1.29, 1.82) is 0 Å². The fraction of sp³-hybridized carbons (Fsp3) is 0.400. The molecule has 0 saturated heterocycles. The fourth-order valence-electron chi connectivity index (χ4n) is 1.36. The van der Waals surface area contributed by atoms with Gasteiger partial charge in [0.25, 0.3) is 0 Å². The maximum Gasteiger partial charge on any atom is 0.345 e. The highest BCUT2D eigenvalue weighted by Crippen LogP contribution is 2.16. The van der Waals surface area contributed by atoms with Gasteiger partial charge in [-0.05, 0) is 38.1 Å². The van der Waals surface area contributed by atoms with Crippen LogP contribution >= 0.6 is 0 Å². The summed E-state index contributed by atoms with van der Waals surface area (Å²) in [5.74, 6) is 5.31. The van der Waals surface area contributed by atoms with Gasteiger partial charge in [-0.3, -0.25) is 0 Å². The van der Waals surface area contributed by atoms with E-state index in [1.54, 1.807) is 38.1 Å². The molecule has 0 unspecified atom stereocenters. The van der Waals surface area contributed by atoms with Crippen molar-refractivity contribution in [3.8, 4) is 11.8 Å². The molecule has 0 spiro atoms. The topological polar surface area (TPSA) is 35.5 Å². The molecule has 1 rings (SSSR count). The molecule has 0 amide bonds. The number of methoxy groups -OCH3 is 1. The van der Waals surface area contributed by atoms with Gasteiger partial charge in [-0.25, -0.2) is 4.79 Å². The Kier molecular flexibility index (Phi) is 5.66. The number of ether oxygens (including phenoxy) is 2. The van der Waals surface area contributed by atoms with Crippen LogP contribution in [-0.4, -0.2) is 26.3 Å². The van der Waals surface area contributed by atoms with Crippen molar-refractivity contribution < 1.29 is 23.0 Å². The van der Waals surface area contributed by atoms with Gasteiger partial charge in [-0.2, -0.15) is 8.78 Å². The summed E-state index contributed by atoms with van der Waals surface area (Å²) < 4.78 is 32.8. The highest BCUT2D eigenvalue weighted by atomic mass is 19.3. The van der Waals surface area contributed by atoms with Crippen LogP contribution in [-0.2, 0) is 9.47 Å². The quantitative estimate of drug-likeness (QED) is 0.629. The molecule has 0 aliphatic rings. The van der Waals surface area contributed by atoms with Crippen LogP contribution in [0.1, 0.15) is 29.8 Å². The van der Waals surface area contributed by atoms with Gasteiger partial charge in [0, 0.05) is 11.0 Å². The van der Waals surface area contributed by atoms with Crippen molar-refractivity contribution >= 4 is 5.97 Å². The summed E-state index contributed by atoms with van der Waals surface area (Å²) in [6, 6.07) is 6.53. The minimum atomic E-state index is -2.80. The number of carbonyl (C=O) groups is 1. The normalized spacial score (nSPS) is 10.9. The third-order valence-electron chi connectivity index (χ3n) is 2.42. The Morgan fingerprint density at radius 3 is 2.40 bits per heavy atom. The number of carbonyl (C=O) groups excluding carboxylic acids is 1. The largest absolute Gasteiger partial charge is 0.465 e. The molecule has 0 fully saturated rings. The van der Waals surface area contributed by atoms with Crippen LogP contribution in [0.3, 0.4) is 0 Å². The number of benzene rings is 1. The number of esters is 1. The Morgan fingerprint density at radius 2 is 1.90 bits per heavy atom. The minimum absolute atomic E-state index is 0.155. The molecule has 0 radical (unpaired) electrons. The molecule has 1 aromatic carbocycles. The Bertz CT molecular complexity index is 510. The van der Waals surface area contributed by atoms with Crippen LogP contribution in [0.25, 0.3) is 0 Å². The van der Waals surface area contributed by atoms with Crippen molar-refractivity contribution in [2.45, 2.75) is 20.5 Å². The number of rotatable bonds is 4. The lowest BCUT2D eigenvalue weighted by Crippen LogP contribution is -2.19. The minimum Gasteiger partial charge on any atom is -0.465 e. The lowest BCUT2D eigenvalue weighted by molar-refractivity contribution is -0.141. The monoisotopic (exact) mass is 282 g/mol. The van der Waals surface area contributed by atoms with E-state index in [9.17, 15) is 13.6 Å². The molecule has 0 aliphatic carbocycles.